The summed E-state index contributed by atoms with van der Waals surface area (Å²) in [6.07, 6.45) is 3.24. The largest absolute Gasteiger partial charge is 0.299 e. The highest BCUT2D eigenvalue weighted by molar-refractivity contribution is 8.00. The van der Waals surface area contributed by atoms with Crippen LogP contribution >= 0.6 is 11.8 Å². The molecule has 0 amide bonds. The van der Waals surface area contributed by atoms with Gasteiger partial charge in [-0.25, -0.2) is 8.78 Å². The van der Waals surface area contributed by atoms with Crippen molar-refractivity contribution in [3.8, 4) is 6.07 Å². The van der Waals surface area contributed by atoms with Gasteiger partial charge < -0.3 is 0 Å². The number of hydrogen-bond donors (Lipinski definition) is 1. The second-order valence-corrected chi connectivity index (χ2v) is 6.52. The van der Waals surface area contributed by atoms with Gasteiger partial charge in [-0.3, -0.25) is 5.32 Å². The van der Waals surface area contributed by atoms with Crippen molar-refractivity contribution in [2.75, 3.05) is 6.54 Å². The highest BCUT2D eigenvalue weighted by Crippen LogP contribution is 2.40. The van der Waals surface area contributed by atoms with Crippen LogP contribution in [0.1, 0.15) is 32.6 Å². The van der Waals surface area contributed by atoms with Gasteiger partial charge in [0, 0.05) is 10.1 Å². The molecular weight excluding hydrogens is 278 g/mol. The molecular formula is C15H18F2N2S. The molecule has 20 heavy (non-hydrogen) atoms. The molecule has 108 valence electrons. The maximum Gasteiger partial charge on any atom is 0.136 e. The van der Waals surface area contributed by atoms with Crippen molar-refractivity contribution in [2.45, 2.75) is 48.3 Å². The summed E-state index contributed by atoms with van der Waals surface area (Å²) in [7, 11) is 0. The molecule has 0 spiro atoms. The smallest absolute Gasteiger partial charge is 0.136 e. The van der Waals surface area contributed by atoms with Crippen LogP contribution < -0.4 is 5.32 Å². The van der Waals surface area contributed by atoms with E-state index in [9.17, 15) is 14.0 Å². The minimum atomic E-state index is -0.503. The van der Waals surface area contributed by atoms with Gasteiger partial charge in [0.1, 0.15) is 17.2 Å². The predicted octanol–water partition coefficient (Wildman–Crippen LogP) is 3.87. The fraction of sp³-hybridized carbons (Fsp3) is 0.533. The topological polar surface area (TPSA) is 35.8 Å². The van der Waals surface area contributed by atoms with E-state index in [1.54, 1.807) is 0 Å². The first-order valence-electron chi connectivity index (χ1n) is 6.86. The normalized spacial score (nSPS) is 25.6. The molecule has 2 unspecified atom stereocenters. The van der Waals surface area contributed by atoms with Gasteiger partial charge in [-0.2, -0.15) is 5.26 Å². The molecule has 0 aromatic heterocycles. The molecule has 0 aliphatic heterocycles. The highest BCUT2D eigenvalue weighted by Gasteiger charge is 2.39. The van der Waals surface area contributed by atoms with Gasteiger partial charge in [-0.15, -0.1) is 11.8 Å². The zero-order valence-corrected chi connectivity index (χ0v) is 12.3. The second-order valence-electron chi connectivity index (χ2n) is 5.18. The van der Waals surface area contributed by atoms with Crippen LogP contribution in [0.25, 0.3) is 0 Å². The lowest BCUT2D eigenvalue weighted by Crippen LogP contribution is -2.42. The summed E-state index contributed by atoms with van der Waals surface area (Å²) >= 11 is 1.34. The summed E-state index contributed by atoms with van der Waals surface area (Å²) < 4.78 is 26.8. The molecule has 5 heteroatoms. The van der Waals surface area contributed by atoms with Gasteiger partial charge in [0.05, 0.1) is 6.07 Å². The molecule has 2 nitrogen and oxygen atoms in total. The number of rotatable bonds is 5. The monoisotopic (exact) mass is 296 g/mol. The maximum absolute atomic E-state index is 13.6. The number of nitrogens with zero attached hydrogens (tertiary/aromatic N) is 1. The third-order valence-corrected chi connectivity index (χ3v) is 4.89. The fourth-order valence-electron chi connectivity index (χ4n) is 2.51. The number of halogens is 2. The Morgan fingerprint density at radius 2 is 2.30 bits per heavy atom. The number of hydrogen-bond acceptors (Lipinski definition) is 3. The van der Waals surface area contributed by atoms with Crippen LogP contribution in [0.5, 0.6) is 0 Å². The van der Waals surface area contributed by atoms with Gasteiger partial charge in [0.15, 0.2) is 0 Å². The first kappa shape index (κ1) is 15.3. The van der Waals surface area contributed by atoms with Crippen molar-refractivity contribution in [3.05, 3.63) is 29.8 Å². The maximum atomic E-state index is 13.6. The molecule has 1 fully saturated rings. The minimum absolute atomic E-state index is 0.148. The van der Waals surface area contributed by atoms with Crippen LogP contribution in [0.4, 0.5) is 8.78 Å². The van der Waals surface area contributed by atoms with E-state index in [1.165, 1.54) is 17.8 Å². The van der Waals surface area contributed by atoms with E-state index in [0.29, 0.717) is 11.3 Å². The molecule has 0 radical (unpaired) electrons. The SMILES string of the molecule is CCCNC1(C#N)CCC(Sc2cc(F)ccc2F)C1. The zero-order valence-electron chi connectivity index (χ0n) is 11.5. The van der Waals surface area contributed by atoms with E-state index in [-0.39, 0.29) is 5.25 Å². The first-order chi connectivity index (χ1) is 9.58. The van der Waals surface area contributed by atoms with Gasteiger partial charge in [-0.05, 0) is 50.4 Å². The highest BCUT2D eigenvalue weighted by atomic mass is 32.2. The van der Waals surface area contributed by atoms with Crippen molar-refractivity contribution < 1.29 is 8.78 Å². The Hall–Kier alpha value is -1.12. The van der Waals surface area contributed by atoms with Gasteiger partial charge in [-0.1, -0.05) is 6.92 Å². The lowest BCUT2D eigenvalue weighted by Gasteiger charge is -2.22. The van der Waals surface area contributed by atoms with Gasteiger partial charge >= 0.3 is 0 Å². The summed E-state index contributed by atoms with van der Waals surface area (Å²) in [6, 6.07) is 5.86. The van der Waals surface area contributed by atoms with Crippen molar-refractivity contribution in [1.82, 2.24) is 5.32 Å². The van der Waals surface area contributed by atoms with Crippen LogP contribution in [0, 0.1) is 23.0 Å². The molecule has 0 bridgehead atoms. The molecule has 1 N–H and O–H groups in total. The molecule has 2 rings (SSSR count). The Bertz CT molecular complexity index is 515. The minimum Gasteiger partial charge on any atom is -0.299 e. The first-order valence-corrected chi connectivity index (χ1v) is 7.74. The average molecular weight is 296 g/mol. The van der Waals surface area contributed by atoms with Crippen LogP contribution in [-0.2, 0) is 0 Å². The quantitative estimate of drug-likeness (QED) is 0.896. The van der Waals surface area contributed by atoms with Gasteiger partial charge in [0.25, 0.3) is 0 Å². The summed E-state index contributed by atoms with van der Waals surface area (Å²) in [4.78, 5) is 0.333. The summed E-state index contributed by atoms with van der Waals surface area (Å²) in [5.74, 6) is -0.824. The Labute approximate surface area is 122 Å². The summed E-state index contributed by atoms with van der Waals surface area (Å²) in [5.41, 5.74) is -0.503. The lowest BCUT2D eigenvalue weighted by atomic mass is 10.00. The van der Waals surface area contributed by atoms with E-state index in [2.05, 4.69) is 18.3 Å². The third-order valence-electron chi connectivity index (χ3n) is 3.58. The van der Waals surface area contributed by atoms with Crippen LogP contribution in [0.2, 0.25) is 0 Å². The van der Waals surface area contributed by atoms with Crippen LogP contribution in [-0.4, -0.2) is 17.3 Å². The number of benzene rings is 1. The molecule has 1 aliphatic carbocycles. The predicted molar refractivity (Wildman–Crippen MR) is 76.5 cm³/mol. The van der Waals surface area contributed by atoms with Crippen molar-refractivity contribution in [3.63, 3.8) is 0 Å². The van der Waals surface area contributed by atoms with Crippen molar-refractivity contribution in [1.29, 1.82) is 5.26 Å². The molecule has 0 saturated heterocycles. The molecule has 1 aromatic carbocycles. The lowest BCUT2D eigenvalue weighted by molar-refractivity contribution is 0.424. The summed E-state index contributed by atoms with van der Waals surface area (Å²) in [6.45, 7) is 2.86. The molecule has 1 aliphatic rings. The Morgan fingerprint density at radius 1 is 1.50 bits per heavy atom. The van der Waals surface area contributed by atoms with E-state index < -0.39 is 17.2 Å². The standard InChI is InChI=1S/C15H18F2N2S/c1-2-7-19-15(10-18)6-5-12(9-15)20-14-8-11(16)3-4-13(14)17/h3-4,8,12,19H,2,5-7,9H2,1H3. The van der Waals surface area contributed by atoms with E-state index in [1.807, 2.05) is 0 Å². The Kier molecular flexibility index (Phi) is 5.00. The Balaban J connectivity index is 2.02. The van der Waals surface area contributed by atoms with E-state index in [4.69, 9.17) is 0 Å². The fourth-order valence-corrected chi connectivity index (χ4v) is 3.84. The number of nitrogens with one attached hydrogen (secondary N) is 1. The Morgan fingerprint density at radius 3 is 3.00 bits per heavy atom. The van der Waals surface area contributed by atoms with E-state index >= 15 is 0 Å². The zero-order chi connectivity index (χ0) is 14.6. The van der Waals surface area contributed by atoms with Crippen LogP contribution in [0.3, 0.4) is 0 Å². The molecule has 1 aromatic rings. The molecule has 1 saturated carbocycles. The molecule has 2 atom stereocenters. The summed E-state index contributed by atoms with van der Waals surface area (Å²) in [5, 5.41) is 12.8. The number of thioether (sulfide) groups is 1. The van der Waals surface area contributed by atoms with Crippen molar-refractivity contribution in [2.24, 2.45) is 0 Å². The average Bonchev–Trinajstić information content (AvgIpc) is 2.85. The van der Waals surface area contributed by atoms with Crippen LogP contribution in [0.15, 0.2) is 23.1 Å². The third kappa shape index (κ3) is 3.50. The molecule has 0 heterocycles. The number of nitriles is 1. The van der Waals surface area contributed by atoms with Gasteiger partial charge in [0.2, 0.25) is 0 Å². The van der Waals surface area contributed by atoms with Crippen molar-refractivity contribution >= 4 is 11.8 Å². The van der Waals surface area contributed by atoms with E-state index in [0.717, 1.165) is 37.9 Å². The second kappa shape index (κ2) is 6.55.